The second-order valence-corrected chi connectivity index (χ2v) is 7.00. The number of amides is 1. The number of nitrogens with zero attached hydrogens (tertiary/aromatic N) is 4. The molecule has 0 unspecified atom stereocenters. The van der Waals surface area contributed by atoms with Gasteiger partial charge in [0.15, 0.2) is 5.16 Å². The van der Waals surface area contributed by atoms with Gasteiger partial charge in [0, 0.05) is 32.4 Å². The lowest BCUT2D eigenvalue weighted by molar-refractivity contribution is -0.130. The molecule has 0 N–H and O–H groups in total. The molecule has 1 aromatic carbocycles. The van der Waals surface area contributed by atoms with Crippen molar-refractivity contribution in [3.8, 4) is 0 Å². The second-order valence-electron chi connectivity index (χ2n) is 6.23. The third kappa shape index (κ3) is 4.51. The smallest absolute Gasteiger partial charge is 0.227 e. The molecule has 0 aliphatic carbocycles. The van der Waals surface area contributed by atoms with Gasteiger partial charge in [0.05, 0.1) is 6.42 Å². The highest BCUT2D eigenvalue weighted by Gasteiger charge is 2.20. The molecule has 3 rings (SSSR count). The standard InChI is InChI=1S/C19H24N4OS/c1-15-6-3-4-7-16(15)14-18(24)23-11-5-10-22(12-13-23)17-8-9-20-19(21-17)25-2/h3-4,6-9H,5,10-14H2,1-2H3. The van der Waals surface area contributed by atoms with E-state index in [9.17, 15) is 4.79 Å². The van der Waals surface area contributed by atoms with E-state index in [2.05, 4.69) is 27.9 Å². The molecule has 0 radical (unpaired) electrons. The first kappa shape index (κ1) is 17.7. The number of thioether (sulfide) groups is 1. The largest absolute Gasteiger partial charge is 0.355 e. The van der Waals surface area contributed by atoms with Crippen LogP contribution in [0.25, 0.3) is 0 Å². The van der Waals surface area contributed by atoms with Crippen molar-refractivity contribution in [3.63, 3.8) is 0 Å². The summed E-state index contributed by atoms with van der Waals surface area (Å²) in [6.07, 6.45) is 5.22. The van der Waals surface area contributed by atoms with Crippen LogP contribution in [0.1, 0.15) is 17.5 Å². The zero-order valence-corrected chi connectivity index (χ0v) is 15.6. The van der Waals surface area contributed by atoms with Gasteiger partial charge in [-0.25, -0.2) is 9.97 Å². The third-order valence-corrected chi connectivity index (χ3v) is 5.14. The van der Waals surface area contributed by atoms with Crippen LogP contribution in [0.4, 0.5) is 5.82 Å². The van der Waals surface area contributed by atoms with Crippen LogP contribution in [-0.2, 0) is 11.2 Å². The van der Waals surface area contributed by atoms with Gasteiger partial charge in [0.2, 0.25) is 5.91 Å². The summed E-state index contributed by atoms with van der Waals surface area (Å²) < 4.78 is 0. The molecule has 1 saturated heterocycles. The third-order valence-electron chi connectivity index (χ3n) is 4.58. The van der Waals surface area contributed by atoms with Gasteiger partial charge >= 0.3 is 0 Å². The highest BCUT2D eigenvalue weighted by Crippen LogP contribution is 2.17. The van der Waals surface area contributed by atoms with Crippen LogP contribution in [-0.4, -0.2) is 53.2 Å². The predicted molar refractivity (Wildman–Crippen MR) is 102 cm³/mol. The minimum absolute atomic E-state index is 0.212. The molecule has 0 atom stereocenters. The number of aryl methyl sites for hydroxylation is 1. The summed E-state index contributed by atoms with van der Waals surface area (Å²) >= 11 is 1.55. The Hall–Kier alpha value is -2.08. The molecular formula is C19H24N4OS. The maximum absolute atomic E-state index is 12.7. The average molecular weight is 356 g/mol. The van der Waals surface area contributed by atoms with E-state index in [0.29, 0.717) is 6.42 Å². The van der Waals surface area contributed by atoms with Crippen LogP contribution in [0, 0.1) is 6.92 Å². The van der Waals surface area contributed by atoms with E-state index in [1.54, 1.807) is 18.0 Å². The van der Waals surface area contributed by atoms with Crippen LogP contribution in [0.2, 0.25) is 0 Å². The Kier molecular flexibility index (Phi) is 5.91. The summed E-state index contributed by atoms with van der Waals surface area (Å²) in [6.45, 7) is 5.33. The Labute approximate surface area is 153 Å². The lowest BCUT2D eigenvalue weighted by Crippen LogP contribution is -2.36. The first-order chi connectivity index (χ1) is 12.2. The fourth-order valence-electron chi connectivity index (χ4n) is 3.09. The highest BCUT2D eigenvalue weighted by molar-refractivity contribution is 7.98. The van der Waals surface area contributed by atoms with Crippen LogP contribution in [0.15, 0.2) is 41.7 Å². The van der Waals surface area contributed by atoms with E-state index in [-0.39, 0.29) is 5.91 Å². The van der Waals surface area contributed by atoms with E-state index in [1.165, 1.54) is 5.56 Å². The summed E-state index contributed by atoms with van der Waals surface area (Å²) in [7, 11) is 0. The zero-order chi connectivity index (χ0) is 17.6. The van der Waals surface area contributed by atoms with E-state index < -0.39 is 0 Å². The fraction of sp³-hybridized carbons (Fsp3) is 0.421. The van der Waals surface area contributed by atoms with Crippen LogP contribution in [0.5, 0.6) is 0 Å². The van der Waals surface area contributed by atoms with Gasteiger partial charge in [-0.05, 0) is 36.8 Å². The monoisotopic (exact) mass is 356 g/mol. The first-order valence-corrected chi connectivity index (χ1v) is 9.84. The molecule has 1 amide bonds. The van der Waals surface area contributed by atoms with Crippen molar-refractivity contribution in [1.29, 1.82) is 0 Å². The van der Waals surface area contributed by atoms with Crippen molar-refractivity contribution in [2.75, 3.05) is 37.3 Å². The number of carbonyl (C=O) groups is 1. The normalized spacial score (nSPS) is 15.1. The van der Waals surface area contributed by atoms with Crippen molar-refractivity contribution < 1.29 is 4.79 Å². The number of anilines is 1. The molecule has 25 heavy (non-hydrogen) atoms. The summed E-state index contributed by atoms with van der Waals surface area (Å²) in [5.41, 5.74) is 2.30. The van der Waals surface area contributed by atoms with Crippen LogP contribution in [0.3, 0.4) is 0 Å². The van der Waals surface area contributed by atoms with Gasteiger partial charge in [0.25, 0.3) is 0 Å². The van der Waals surface area contributed by atoms with E-state index in [4.69, 9.17) is 0 Å². The molecule has 0 spiro atoms. The predicted octanol–water partition coefficient (Wildman–Crippen LogP) is 2.79. The van der Waals surface area contributed by atoms with E-state index >= 15 is 0 Å². The maximum Gasteiger partial charge on any atom is 0.227 e. The molecule has 1 aromatic heterocycles. The van der Waals surface area contributed by atoms with Crippen LogP contribution < -0.4 is 4.90 Å². The quantitative estimate of drug-likeness (QED) is 0.623. The molecule has 132 valence electrons. The van der Waals surface area contributed by atoms with Gasteiger partial charge in [0.1, 0.15) is 5.82 Å². The van der Waals surface area contributed by atoms with Crippen LogP contribution >= 0.6 is 11.8 Å². The number of aromatic nitrogens is 2. The van der Waals surface area contributed by atoms with Crippen molar-refractivity contribution in [2.45, 2.75) is 24.9 Å². The summed E-state index contributed by atoms with van der Waals surface area (Å²) in [6, 6.07) is 10.1. The van der Waals surface area contributed by atoms with E-state index in [0.717, 1.165) is 49.1 Å². The molecule has 1 aliphatic rings. The lowest BCUT2D eigenvalue weighted by atomic mass is 10.1. The van der Waals surface area contributed by atoms with Crippen molar-refractivity contribution in [3.05, 3.63) is 47.7 Å². The Morgan fingerprint density at radius 1 is 1.16 bits per heavy atom. The Morgan fingerprint density at radius 2 is 2.00 bits per heavy atom. The molecule has 0 saturated carbocycles. The van der Waals surface area contributed by atoms with Gasteiger partial charge in [-0.2, -0.15) is 0 Å². The Morgan fingerprint density at radius 3 is 2.80 bits per heavy atom. The molecule has 1 fully saturated rings. The number of hydrogen-bond donors (Lipinski definition) is 0. The summed E-state index contributed by atoms with van der Waals surface area (Å²) in [5.74, 6) is 1.16. The van der Waals surface area contributed by atoms with Gasteiger partial charge in [-0.15, -0.1) is 0 Å². The topological polar surface area (TPSA) is 49.3 Å². The van der Waals surface area contributed by atoms with Crippen molar-refractivity contribution in [1.82, 2.24) is 14.9 Å². The number of hydrogen-bond acceptors (Lipinski definition) is 5. The zero-order valence-electron chi connectivity index (χ0n) is 14.8. The molecule has 1 aliphatic heterocycles. The van der Waals surface area contributed by atoms with Crippen molar-refractivity contribution in [2.24, 2.45) is 0 Å². The van der Waals surface area contributed by atoms with Gasteiger partial charge < -0.3 is 9.80 Å². The first-order valence-electron chi connectivity index (χ1n) is 8.61. The summed E-state index contributed by atoms with van der Waals surface area (Å²) in [5, 5.41) is 0.786. The fourth-order valence-corrected chi connectivity index (χ4v) is 3.44. The minimum Gasteiger partial charge on any atom is -0.355 e. The highest BCUT2D eigenvalue weighted by atomic mass is 32.2. The number of rotatable bonds is 4. The molecule has 0 bridgehead atoms. The number of benzene rings is 1. The molecule has 5 nitrogen and oxygen atoms in total. The maximum atomic E-state index is 12.7. The molecule has 6 heteroatoms. The SMILES string of the molecule is CSc1nccc(N2CCCN(C(=O)Cc3ccccc3C)CC2)n1. The number of carbonyl (C=O) groups excluding carboxylic acids is 1. The summed E-state index contributed by atoms with van der Waals surface area (Å²) in [4.78, 5) is 25.8. The second kappa shape index (κ2) is 8.34. The average Bonchev–Trinajstić information content (AvgIpc) is 2.90. The van der Waals surface area contributed by atoms with Gasteiger partial charge in [-0.1, -0.05) is 36.0 Å². The Balaban J connectivity index is 1.63. The van der Waals surface area contributed by atoms with E-state index in [1.807, 2.05) is 35.4 Å². The Bertz CT molecular complexity index is 737. The molecular weight excluding hydrogens is 332 g/mol. The molecule has 2 heterocycles. The molecule has 2 aromatic rings. The van der Waals surface area contributed by atoms with Crippen molar-refractivity contribution >= 4 is 23.5 Å². The minimum atomic E-state index is 0.212. The van der Waals surface area contributed by atoms with Gasteiger partial charge in [-0.3, -0.25) is 4.79 Å². The lowest BCUT2D eigenvalue weighted by Gasteiger charge is -2.23.